The lowest BCUT2D eigenvalue weighted by atomic mass is 9.85. The molecule has 0 heteroatoms. The van der Waals surface area contributed by atoms with E-state index in [1.54, 1.807) is 0 Å². The molecule has 0 heterocycles. The van der Waals surface area contributed by atoms with E-state index in [0.717, 1.165) is 0 Å². The molecular formula is C39H26. The second-order valence-electron chi connectivity index (χ2n) is 10.5. The summed E-state index contributed by atoms with van der Waals surface area (Å²) in [7, 11) is 0. The molecular weight excluding hydrogens is 468 g/mol. The van der Waals surface area contributed by atoms with Gasteiger partial charge in [-0.1, -0.05) is 127 Å². The number of aryl methyl sites for hydroxylation is 1. The van der Waals surface area contributed by atoms with E-state index in [9.17, 15) is 0 Å². The molecule has 0 aliphatic rings. The molecule has 0 aliphatic heterocycles. The first-order valence-corrected chi connectivity index (χ1v) is 13.6. The van der Waals surface area contributed by atoms with Crippen molar-refractivity contribution in [3.63, 3.8) is 0 Å². The maximum absolute atomic E-state index is 2.42. The lowest BCUT2D eigenvalue weighted by Gasteiger charge is -2.18. The molecule has 0 aromatic heterocycles. The van der Waals surface area contributed by atoms with Crippen LogP contribution >= 0.6 is 0 Å². The van der Waals surface area contributed by atoms with Crippen molar-refractivity contribution in [3.8, 4) is 22.3 Å². The van der Waals surface area contributed by atoms with Crippen LogP contribution in [0.3, 0.4) is 0 Å². The zero-order valence-corrected chi connectivity index (χ0v) is 21.8. The number of hydrogen-bond acceptors (Lipinski definition) is 0. The van der Waals surface area contributed by atoms with Crippen LogP contribution in [0.2, 0.25) is 0 Å². The van der Waals surface area contributed by atoms with E-state index in [4.69, 9.17) is 0 Å². The lowest BCUT2D eigenvalue weighted by molar-refractivity contribution is 1.46. The Kier molecular flexibility index (Phi) is 4.84. The number of fused-ring (bicyclic) bond motifs is 11. The molecule has 8 aromatic rings. The molecule has 8 rings (SSSR count). The highest BCUT2D eigenvalue weighted by molar-refractivity contribution is 6.39. The van der Waals surface area contributed by atoms with Crippen LogP contribution in [0.5, 0.6) is 0 Å². The summed E-state index contributed by atoms with van der Waals surface area (Å²) in [4.78, 5) is 0. The molecule has 182 valence electrons. The molecule has 0 saturated carbocycles. The second-order valence-corrected chi connectivity index (χ2v) is 10.5. The second kappa shape index (κ2) is 8.55. The third kappa shape index (κ3) is 3.32. The van der Waals surface area contributed by atoms with Gasteiger partial charge in [0.05, 0.1) is 0 Å². The van der Waals surface area contributed by atoms with E-state index in [1.807, 2.05) is 0 Å². The van der Waals surface area contributed by atoms with Gasteiger partial charge in [-0.3, -0.25) is 0 Å². The minimum absolute atomic E-state index is 1.24. The SMILES string of the molecule is Cc1ccccc1-c1ccc2c3ccc(-c4ccccc4)cc3c3c4ccccc4c4ccccc4c3c2c1. The summed E-state index contributed by atoms with van der Waals surface area (Å²) >= 11 is 0. The molecule has 0 nitrogen and oxygen atoms in total. The average Bonchev–Trinajstić information content (AvgIpc) is 3.01. The lowest BCUT2D eigenvalue weighted by Crippen LogP contribution is -1.90. The first kappa shape index (κ1) is 22.1. The van der Waals surface area contributed by atoms with Gasteiger partial charge >= 0.3 is 0 Å². The molecule has 0 aliphatic carbocycles. The minimum Gasteiger partial charge on any atom is -0.0622 e. The molecule has 0 amide bonds. The average molecular weight is 495 g/mol. The fourth-order valence-corrected chi connectivity index (χ4v) is 6.55. The summed E-state index contributed by atoms with van der Waals surface area (Å²) in [6, 6.07) is 51.3. The zero-order valence-electron chi connectivity index (χ0n) is 21.8. The van der Waals surface area contributed by atoms with E-state index in [2.05, 4.69) is 146 Å². The molecule has 0 fully saturated rings. The van der Waals surface area contributed by atoms with Gasteiger partial charge in [0.15, 0.2) is 0 Å². The van der Waals surface area contributed by atoms with E-state index in [1.165, 1.54) is 81.7 Å². The summed E-state index contributed by atoms with van der Waals surface area (Å²) in [5.74, 6) is 0. The molecule has 0 N–H and O–H groups in total. The van der Waals surface area contributed by atoms with Crippen molar-refractivity contribution in [2.24, 2.45) is 0 Å². The molecule has 0 atom stereocenters. The topological polar surface area (TPSA) is 0 Å². The van der Waals surface area contributed by atoms with E-state index in [-0.39, 0.29) is 0 Å². The highest BCUT2D eigenvalue weighted by Crippen LogP contribution is 2.45. The van der Waals surface area contributed by atoms with Crippen molar-refractivity contribution < 1.29 is 0 Å². The fourth-order valence-electron chi connectivity index (χ4n) is 6.55. The standard InChI is InChI=1S/C39H26/c1-25-11-5-6-14-29(25)28-20-22-33-32-21-19-27(26-12-3-2-4-13-26)23-36(32)38-34-17-9-7-15-30(34)31-16-8-10-18-35(31)39(38)37(33)24-28/h2-24H,1H3. The van der Waals surface area contributed by atoms with E-state index < -0.39 is 0 Å². The van der Waals surface area contributed by atoms with Crippen molar-refractivity contribution in [1.29, 1.82) is 0 Å². The number of rotatable bonds is 2. The van der Waals surface area contributed by atoms with Crippen LogP contribution in [0, 0.1) is 6.92 Å². The smallest absolute Gasteiger partial charge is 0.00137 e. The molecule has 8 aromatic carbocycles. The maximum atomic E-state index is 2.42. The Morgan fingerprint density at radius 1 is 0.308 bits per heavy atom. The third-order valence-electron chi connectivity index (χ3n) is 8.36. The Hall–Kier alpha value is -4.94. The van der Waals surface area contributed by atoms with Crippen molar-refractivity contribution in [2.75, 3.05) is 0 Å². The van der Waals surface area contributed by atoms with Gasteiger partial charge in [-0.2, -0.15) is 0 Å². The maximum Gasteiger partial charge on any atom is -0.00137 e. The molecule has 0 bridgehead atoms. The van der Waals surface area contributed by atoms with Crippen LogP contribution < -0.4 is 0 Å². The van der Waals surface area contributed by atoms with Crippen LogP contribution in [0.25, 0.3) is 76.1 Å². The number of hydrogen-bond donors (Lipinski definition) is 0. The summed E-state index contributed by atoms with van der Waals surface area (Å²) in [5.41, 5.74) is 6.34. The summed E-state index contributed by atoms with van der Waals surface area (Å²) in [5, 5.41) is 13.1. The monoisotopic (exact) mass is 494 g/mol. The van der Waals surface area contributed by atoms with Gasteiger partial charge in [-0.15, -0.1) is 0 Å². The zero-order chi connectivity index (χ0) is 25.9. The van der Waals surface area contributed by atoms with E-state index >= 15 is 0 Å². The van der Waals surface area contributed by atoms with Gasteiger partial charge in [0, 0.05) is 0 Å². The van der Waals surface area contributed by atoms with Crippen LogP contribution in [0.4, 0.5) is 0 Å². The van der Waals surface area contributed by atoms with Crippen LogP contribution in [-0.2, 0) is 0 Å². The summed E-state index contributed by atoms with van der Waals surface area (Å²) in [6.45, 7) is 2.20. The van der Waals surface area contributed by atoms with Crippen molar-refractivity contribution in [2.45, 2.75) is 6.92 Å². The van der Waals surface area contributed by atoms with Crippen molar-refractivity contribution in [1.82, 2.24) is 0 Å². The first-order valence-electron chi connectivity index (χ1n) is 13.6. The quantitative estimate of drug-likeness (QED) is 0.210. The summed E-state index contributed by atoms with van der Waals surface area (Å²) < 4.78 is 0. The van der Waals surface area contributed by atoms with Gasteiger partial charge in [0.25, 0.3) is 0 Å². The highest BCUT2D eigenvalue weighted by atomic mass is 14.2. The molecule has 0 radical (unpaired) electrons. The Bertz CT molecular complexity index is 2220. The van der Waals surface area contributed by atoms with Crippen LogP contribution in [-0.4, -0.2) is 0 Å². The van der Waals surface area contributed by atoms with Crippen LogP contribution in [0.15, 0.2) is 140 Å². The molecule has 39 heavy (non-hydrogen) atoms. The van der Waals surface area contributed by atoms with Gasteiger partial charge in [-0.05, 0) is 101 Å². The first-order chi connectivity index (χ1) is 19.3. The van der Waals surface area contributed by atoms with Crippen LogP contribution in [0.1, 0.15) is 5.56 Å². The van der Waals surface area contributed by atoms with Gasteiger partial charge in [0.1, 0.15) is 0 Å². The Morgan fingerprint density at radius 2 is 0.769 bits per heavy atom. The Balaban J connectivity index is 1.63. The highest BCUT2D eigenvalue weighted by Gasteiger charge is 2.17. The summed E-state index contributed by atoms with van der Waals surface area (Å²) in [6.07, 6.45) is 0. The Morgan fingerprint density at radius 3 is 1.38 bits per heavy atom. The van der Waals surface area contributed by atoms with Crippen molar-refractivity contribution in [3.05, 3.63) is 145 Å². The predicted octanol–water partition coefficient (Wildman–Crippen LogP) is 11.1. The van der Waals surface area contributed by atoms with E-state index in [0.29, 0.717) is 0 Å². The molecule has 0 unspecified atom stereocenters. The minimum atomic E-state index is 1.24. The van der Waals surface area contributed by atoms with Gasteiger partial charge in [-0.25, -0.2) is 0 Å². The third-order valence-corrected chi connectivity index (χ3v) is 8.36. The largest absolute Gasteiger partial charge is 0.0622 e. The number of benzene rings is 8. The van der Waals surface area contributed by atoms with Gasteiger partial charge in [0.2, 0.25) is 0 Å². The fraction of sp³-hybridized carbons (Fsp3) is 0.0256. The Labute approximate surface area is 227 Å². The van der Waals surface area contributed by atoms with Crippen molar-refractivity contribution >= 4 is 53.9 Å². The predicted molar refractivity (Wildman–Crippen MR) is 170 cm³/mol. The molecule has 0 spiro atoms. The molecule has 0 saturated heterocycles. The van der Waals surface area contributed by atoms with Gasteiger partial charge < -0.3 is 0 Å². The normalized spacial score (nSPS) is 11.7.